The highest BCUT2D eigenvalue weighted by Gasteiger charge is 2.04. The molecule has 0 spiro atoms. The van der Waals surface area contributed by atoms with E-state index in [2.05, 4.69) is 34.8 Å². The molecule has 0 aromatic carbocycles. The molecular formula is C17H30N4O2S. The average Bonchev–Trinajstić information content (AvgIpc) is 3.09. The second kappa shape index (κ2) is 12.8. The number of ether oxygens (including phenoxy) is 1. The van der Waals surface area contributed by atoms with E-state index in [9.17, 15) is 4.79 Å². The van der Waals surface area contributed by atoms with Crippen LogP contribution >= 0.6 is 11.3 Å². The number of carbonyl (C=O) groups excluding carboxylic acids is 1. The maximum atomic E-state index is 11.8. The molecule has 1 aromatic heterocycles. The van der Waals surface area contributed by atoms with Crippen LogP contribution in [0.3, 0.4) is 0 Å². The minimum atomic E-state index is -0.00828. The predicted octanol–water partition coefficient (Wildman–Crippen LogP) is 2.10. The summed E-state index contributed by atoms with van der Waals surface area (Å²) in [5.41, 5.74) is 0. The zero-order valence-electron chi connectivity index (χ0n) is 14.9. The van der Waals surface area contributed by atoms with Crippen molar-refractivity contribution in [2.24, 2.45) is 10.9 Å². The van der Waals surface area contributed by atoms with Gasteiger partial charge < -0.3 is 20.7 Å². The number of hydrogen-bond donors (Lipinski definition) is 3. The van der Waals surface area contributed by atoms with Crippen molar-refractivity contribution in [3.8, 4) is 0 Å². The van der Waals surface area contributed by atoms with Gasteiger partial charge in [-0.15, -0.1) is 11.3 Å². The molecule has 0 aliphatic heterocycles. The first-order valence-corrected chi connectivity index (χ1v) is 9.35. The summed E-state index contributed by atoms with van der Waals surface area (Å²) in [5.74, 6) is 1.42. The number of guanidine groups is 1. The van der Waals surface area contributed by atoms with Crippen LogP contribution in [0.2, 0.25) is 0 Å². The normalized spacial score (nSPS) is 11.6. The van der Waals surface area contributed by atoms with Crippen LogP contribution in [0.5, 0.6) is 0 Å². The van der Waals surface area contributed by atoms with Gasteiger partial charge in [0.2, 0.25) is 0 Å². The molecule has 0 unspecified atom stereocenters. The molecule has 0 aliphatic carbocycles. The number of thiophene rings is 1. The first kappa shape index (κ1) is 20.4. The number of hydrogen-bond acceptors (Lipinski definition) is 4. The predicted molar refractivity (Wildman–Crippen MR) is 101 cm³/mol. The van der Waals surface area contributed by atoms with E-state index >= 15 is 0 Å². The fourth-order valence-corrected chi connectivity index (χ4v) is 2.52. The molecule has 1 heterocycles. The molecule has 24 heavy (non-hydrogen) atoms. The third kappa shape index (κ3) is 9.52. The SMILES string of the molecule is CN=C(NCCCNC(=O)c1cccs1)NCCOCCC(C)C. The highest BCUT2D eigenvalue weighted by Crippen LogP contribution is 2.07. The molecule has 3 N–H and O–H groups in total. The van der Waals surface area contributed by atoms with Crippen LogP contribution in [0, 0.1) is 5.92 Å². The van der Waals surface area contributed by atoms with E-state index in [-0.39, 0.29) is 5.91 Å². The van der Waals surface area contributed by atoms with Crippen LogP contribution in [-0.2, 0) is 4.74 Å². The Morgan fingerprint density at radius 3 is 2.62 bits per heavy atom. The van der Waals surface area contributed by atoms with Crippen LogP contribution in [-0.4, -0.2) is 51.8 Å². The van der Waals surface area contributed by atoms with Crippen molar-refractivity contribution < 1.29 is 9.53 Å². The Labute approximate surface area is 149 Å². The van der Waals surface area contributed by atoms with E-state index in [0.717, 1.165) is 43.4 Å². The summed E-state index contributed by atoms with van der Waals surface area (Å²) in [7, 11) is 1.74. The monoisotopic (exact) mass is 354 g/mol. The molecule has 1 amide bonds. The zero-order valence-corrected chi connectivity index (χ0v) is 15.7. The van der Waals surface area contributed by atoms with E-state index < -0.39 is 0 Å². The highest BCUT2D eigenvalue weighted by molar-refractivity contribution is 7.12. The van der Waals surface area contributed by atoms with E-state index in [1.807, 2.05) is 17.5 Å². The molecular weight excluding hydrogens is 324 g/mol. The van der Waals surface area contributed by atoms with E-state index in [0.29, 0.717) is 19.1 Å². The number of nitrogens with zero attached hydrogens (tertiary/aromatic N) is 1. The van der Waals surface area contributed by atoms with Gasteiger partial charge in [0.1, 0.15) is 0 Å². The minimum Gasteiger partial charge on any atom is -0.380 e. The number of aliphatic imine (C=N–C) groups is 1. The Morgan fingerprint density at radius 2 is 1.96 bits per heavy atom. The first-order valence-electron chi connectivity index (χ1n) is 8.47. The average molecular weight is 355 g/mol. The van der Waals surface area contributed by atoms with Crippen molar-refractivity contribution >= 4 is 23.2 Å². The fourth-order valence-electron chi connectivity index (χ4n) is 1.88. The van der Waals surface area contributed by atoms with Gasteiger partial charge >= 0.3 is 0 Å². The van der Waals surface area contributed by atoms with Crippen molar-refractivity contribution in [3.63, 3.8) is 0 Å². The lowest BCUT2D eigenvalue weighted by molar-refractivity contribution is 0.0957. The molecule has 7 heteroatoms. The van der Waals surface area contributed by atoms with Gasteiger partial charge in [-0.05, 0) is 30.2 Å². The molecule has 1 rings (SSSR count). The van der Waals surface area contributed by atoms with Gasteiger partial charge in [0.05, 0.1) is 11.5 Å². The lowest BCUT2D eigenvalue weighted by Gasteiger charge is -2.12. The molecule has 0 saturated carbocycles. The van der Waals surface area contributed by atoms with Crippen molar-refractivity contribution in [3.05, 3.63) is 22.4 Å². The van der Waals surface area contributed by atoms with Crippen molar-refractivity contribution in [1.29, 1.82) is 0 Å². The summed E-state index contributed by atoms with van der Waals surface area (Å²) in [5, 5.41) is 11.2. The largest absolute Gasteiger partial charge is 0.380 e. The van der Waals surface area contributed by atoms with E-state index in [1.165, 1.54) is 11.3 Å². The summed E-state index contributed by atoms with van der Waals surface area (Å²) < 4.78 is 5.55. The quantitative estimate of drug-likeness (QED) is 0.323. The van der Waals surface area contributed by atoms with Gasteiger partial charge in [-0.3, -0.25) is 9.79 Å². The Kier molecular flexibility index (Phi) is 10.9. The van der Waals surface area contributed by atoms with E-state index in [1.54, 1.807) is 7.05 Å². The lowest BCUT2D eigenvalue weighted by Crippen LogP contribution is -2.40. The zero-order chi connectivity index (χ0) is 17.6. The lowest BCUT2D eigenvalue weighted by atomic mass is 10.1. The van der Waals surface area contributed by atoms with Crippen LogP contribution < -0.4 is 16.0 Å². The molecule has 0 bridgehead atoms. The van der Waals surface area contributed by atoms with Gasteiger partial charge in [0.25, 0.3) is 5.91 Å². The fraction of sp³-hybridized carbons (Fsp3) is 0.647. The second-order valence-corrected chi connectivity index (χ2v) is 6.76. The standard InChI is InChI=1S/C17H30N4O2S/c1-14(2)7-11-23-12-10-21-17(18-3)20-9-5-8-19-16(22)15-6-4-13-24-15/h4,6,13-14H,5,7-12H2,1-3H3,(H,19,22)(H2,18,20,21). The van der Waals surface area contributed by atoms with Crippen molar-refractivity contribution in [2.75, 3.05) is 39.9 Å². The van der Waals surface area contributed by atoms with Gasteiger partial charge in [0.15, 0.2) is 5.96 Å². The third-order valence-electron chi connectivity index (χ3n) is 3.28. The summed E-state index contributed by atoms with van der Waals surface area (Å²) in [6.07, 6.45) is 1.92. The van der Waals surface area contributed by atoms with Gasteiger partial charge in [0, 0.05) is 33.3 Å². The number of amides is 1. The second-order valence-electron chi connectivity index (χ2n) is 5.81. The van der Waals surface area contributed by atoms with Gasteiger partial charge in [-0.25, -0.2) is 0 Å². The van der Waals surface area contributed by atoms with Crippen molar-refractivity contribution in [2.45, 2.75) is 26.7 Å². The summed E-state index contributed by atoms with van der Waals surface area (Å²) in [4.78, 5) is 16.7. The Morgan fingerprint density at radius 1 is 1.21 bits per heavy atom. The molecule has 6 nitrogen and oxygen atoms in total. The van der Waals surface area contributed by atoms with Crippen LogP contribution in [0.1, 0.15) is 36.4 Å². The Balaban J connectivity index is 2.00. The topological polar surface area (TPSA) is 74.8 Å². The molecule has 1 aromatic rings. The minimum absolute atomic E-state index is 0.00828. The molecule has 0 saturated heterocycles. The molecule has 0 atom stereocenters. The third-order valence-corrected chi connectivity index (χ3v) is 4.15. The number of nitrogens with one attached hydrogen (secondary N) is 3. The van der Waals surface area contributed by atoms with E-state index in [4.69, 9.17) is 4.74 Å². The molecule has 0 fully saturated rings. The first-order chi connectivity index (χ1) is 11.6. The highest BCUT2D eigenvalue weighted by atomic mass is 32.1. The Bertz CT molecular complexity index is 475. The summed E-state index contributed by atoms with van der Waals surface area (Å²) in [6, 6.07) is 3.70. The maximum absolute atomic E-state index is 11.8. The van der Waals surface area contributed by atoms with Crippen LogP contribution in [0.25, 0.3) is 0 Å². The number of carbonyl (C=O) groups is 1. The summed E-state index contributed by atoms with van der Waals surface area (Å²) in [6.45, 7) is 7.97. The van der Waals surface area contributed by atoms with Crippen LogP contribution in [0.15, 0.2) is 22.5 Å². The Hall–Kier alpha value is -1.60. The van der Waals surface area contributed by atoms with Crippen molar-refractivity contribution in [1.82, 2.24) is 16.0 Å². The molecule has 136 valence electrons. The molecule has 0 radical (unpaired) electrons. The maximum Gasteiger partial charge on any atom is 0.261 e. The van der Waals surface area contributed by atoms with Gasteiger partial charge in [-0.2, -0.15) is 0 Å². The van der Waals surface area contributed by atoms with Gasteiger partial charge in [-0.1, -0.05) is 19.9 Å². The number of rotatable bonds is 11. The smallest absolute Gasteiger partial charge is 0.261 e. The molecule has 0 aliphatic rings. The van der Waals surface area contributed by atoms with Crippen LogP contribution in [0.4, 0.5) is 0 Å². The summed E-state index contributed by atoms with van der Waals surface area (Å²) >= 11 is 1.45.